The van der Waals surface area contributed by atoms with Crippen LogP contribution in [0.3, 0.4) is 0 Å². The molecule has 0 radical (unpaired) electrons. The van der Waals surface area contributed by atoms with Gasteiger partial charge in [0.1, 0.15) is 0 Å². The third-order valence-corrected chi connectivity index (χ3v) is 5.15. The second-order valence-electron chi connectivity index (χ2n) is 6.38. The van der Waals surface area contributed by atoms with Gasteiger partial charge in [0.15, 0.2) is 0 Å². The molecule has 0 fully saturated rings. The van der Waals surface area contributed by atoms with Gasteiger partial charge in [-0.25, -0.2) is 9.50 Å². The molecule has 1 N–H and O–H groups in total. The number of anilines is 1. The minimum Gasteiger partial charge on any atom is -0.325 e. The van der Waals surface area contributed by atoms with E-state index in [0.717, 1.165) is 29.1 Å². The first-order valence-corrected chi connectivity index (χ1v) is 9.69. The van der Waals surface area contributed by atoms with Gasteiger partial charge in [0.2, 0.25) is 11.1 Å². The van der Waals surface area contributed by atoms with Crippen LogP contribution in [-0.2, 0) is 4.79 Å². The highest BCUT2D eigenvalue weighted by Gasteiger charge is 2.13. The summed E-state index contributed by atoms with van der Waals surface area (Å²) in [5.41, 5.74) is 3.91. The highest BCUT2D eigenvalue weighted by Crippen LogP contribution is 2.26. The zero-order valence-electron chi connectivity index (χ0n) is 15.5. The SMILES string of the molecule is CC[C@H](C)c1ccccc1NC(=O)CSc1nc2nc(C)cc(C)n2n1. The van der Waals surface area contributed by atoms with Gasteiger partial charge in [-0.3, -0.25) is 4.79 Å². The fourth-order valence-electron chi connectivity index (χ4n) is 2.79. The number of rotatable bonds is 6. The van der Waals surface area contributed by atoms with Crippen molar-refractivity contribution < 1.29 is 4.79 Å². The molecular weight excluding hydrogens is 346 g/mol. The number of fused-ring (bicyclic) bond motifs is 1. The third kappa shape index (κ3) is 4.04. The van der Waals surface area contributed by atoms with Gasteiger partial charge in [-0.1, -0.05) is 43.8 Å². The van der Waals surface area contributed by atoms with Crippen LogP contribution in [0.4, 0.5) is 5.69 Å². The maximum atomic E-state index is 12.4. The molecule has 0 saturated heterocycles. The number of thioether (sulfide) groups is 1. The first-order valence-electron chi connectivity index (χ1n) is 8.70. The molecule has 136 valence electrons. The number of aryl methyl sites for hydroxylation is 2. The van der Waals surface area contributed by atoms with Crippen LogP contribution >= 0.6 is 11.8 Å². The summed E-state index contributed by atoms with van der Waals surface area (Å²) in [6.45, 7) is 8.20. The van der Waals surface area contributed by atoms with Gasteiger partial charge in [-0.05, 0) is 43.9 Å². The molecule has 2 heterocycles. The van der Waals surface area contributed by atoms with Crippen molar-refractivity contribution in [3.8, 4) is 0 Å². The molecule has 0 aliphatic carbocycles. The third-order valence-electron chi connectivity index (χ3n) is 4.31. The number of carbonyl (C=O) groups excluding carboxylic acids is 1. The van der Waals surface area contributed by atoms with Crippen LogP contribution in [0.2, 0.25) is 0 Å². The number of amides is 1. The molecule has 7 heteroatoms. The molecule has 3 aromatic rings. The number of para-hydroxylation sites is 1. The van der Waals surface area contributed by atoms with E-state index >= 15 is 0 Å². The van der Waals surface area contributed by atoms with Crippen LogP contribution in [0.5, 0.6) is 0 Å². The van der Waals surface area contributed by atoms with Crippen molar-refractivity contribution in [3.63, 3.8) is 0 Å². The van der Waals surface area contributed by atoms with E-state index in [0.29, 0.717) is 16.9 Å². The molecule has 26 heavy (non-hydrogen) atoms. The van der Waals surface area contributed by atoms with Crippen LogP contribution in [-0.4, -0.2) is 31.2 Å². The molecular formula is C19H23N5OS. The van der Waals surface area contributed by atoms with Gasteiger partial charge < -0.3 is 5.32 Å². The highest BCUT2D eigenvalue weighted by atomic mass is 32.2. The quantitative estimate of drug-likeness (QED) is 0.665. The Bertz CT molecular complexity index is 937. The van der Waals surface area contributed by atoms with E-state index in [9.17, 15) is 4.79 Å². The molecule has 6 nitrogen and oxygen atoms in total. The first kappa shape index (κ1) is 18.4. The minimum absolute atomic E-state index is 0.0644. The molecule has 0 aliphatic rings. The molecule has 1 atom stereocenters. The van der Waals surface area contributed by atoms with Crippen LogP contribution in [0.25, 0.3) is 5.78 Å². The fourth-order valence-corrected chi connectivity index (χ4v) is 3.40. The predicted molar refractivity (Wildman–Crippen MR) is 105 cm³/mol. The normalized spacial score (nSPS) is 12.3. The number of hydrogen-bond acceptors (Lipinski definition) is 5. The van der Waals surface area contributed by atoms with Crippen LogP contribution in [0.15, 0.2) is 35.5 Å². The summed E-state index contributed by atoms with van der Waals surface area (Å²) < 4.78 is 1.70. The van der Waals surface area contributed by atoms with Gasteiger partial charge in [-0.15, -0.1) is 5.10 Å². The lowest BCUT2D eigenvalue weighted by molar-refractivity contribution is -0.113. The summed E-state index contributed by atoms with van der Waals surface area (Å²) in [6, 6.07) is 9.91. The van der Waals surface area contributed by atoms with Gasteiger partial charge in [-0.2, -0.15) is 4.98 Å². The summed E-state index contributed by atoms with van der Waals surface area (Å²) in [7, 11) is 0. The maximum Gasteiger partial charge on any atom is 0.253 e. The van der Waals surface area contributed by atoms with Crippen molar-refractivity contribution >= 4 is 29.1 Å². The van der Waals surface area contributed by atoms with Crippen molar-refractivity contribution in [1.82, 2.24) is 19.6 Å². The van der Waals surface area contributed by atoms with Crippen molar-refractivity contribution in [2.45, 2.75) is 45.2 Å². The standard InChI is InChI=1S/C19H23N5OS/c1-5-12(2)15-8-6-7-9-16(15)21-17(25)11-26-19-22-18-20-13(3)10-14(4)24(18)23-19/h6-10,12H,5,11H2,1-4H3,(H,21,25)/t12-/m0/s1. The average Bonchev–Trinajstić information content (AvgIpc) is 3.03. The van der Waals surface area contributed by atoms with E-state index in [4.69, 9.17) is 0 Å². The number of aromatic nitrogens is 4. The number of carbonyl (C=O) groups is 1. The zero-order valence-corrected chi connectivity index (χ0v) is 16.3. The van der Waals surface area contributed by atoms with Crippen LogP contribution < -0.4 is 5.32 Å². The van der Waals surface area contributed by atoms with E-state index in [1.54, 1.807) is 4.52 Å². The number of nitrogens with zero attached hydrogens (tertiary/aromatic N) is 4. The Balaban J connectivity index is 1.67. The zero-order chi connectivity index (χ0) is 18.7. The number of hydrogen-bond donors (Lipinski definition) is 1. The number of nitrogens with one attached hydrogen (secondary N) is 1. The molecule has 1 amide bonds. The Hall–Kier alpha value is -2.41. The topological polar surface area (TPSA) is 72.2 Å². The summed E-state index contributed by atoms with van der Waals surface area (Å²) in [4.78, 5) is 21.1. The Morgan fingerprint density at radius 2 is 2.04 bits per heavy atom. The van der Waals surface area contributed by atoms with Crippen LogP contribution in [0, 0.1) is 13.8 Å². The summed E-state index contributed by atoms with van der Waals surface area (Å²) >= 11 is 1.31. The molecule has 0 saturated carbocycles. The Morgan fingerprint density at radius 1 is 1.27 bits per heavy atom. The smallest absolute Gasteiger partial charge is 0.253 e. The first-order chi connectivity index (χ1) is 12.5. The molecule has 3 rings (SSSR count). The van der Waals surface area contributed by atoms with Crippen molar-refractivity contribution in [1.29, 1.82) is 0 Å². The number of benzene rings is 1. The van der Waals surface area contributed by atoms with Gasteiger partial charge in [0, 0.05) is 17.1 Å². The highest BCUT2D eigenvalue weighted by molar-refractivity contribution is 7.99. The van der Waals surface area contributed by atoms with Gasteiger partial charge in [0.25, 0.3) is 5.78 Å². The lowest BCUT2D eigenvalue weighted by atomic mass is 9.97. The second-order valence-corrected chi connectivity index (χ2v) is 7.32. The predicted octanol–water partition coefficient (Wildman–Crippen LogP) is 3.99. The molecule has 2 aromatic heterocycles. The maximum absolute atomic E-state index is 12.4. The van der Waals surface area contributed by atoms with E-state index < -0.39 is 0 Å². The fraction of sp³-hybridized carbons (Fsp3) is 0.368. The monoisotopic (exact) mass is 369 g/mol. The molecule has 0 unspecified atom stereocenters. The van der Waals surface area contributed by atoms with E-state index in [1.807, 2.05) is 38.1 Å². The lowest BCUT2D eigenvalue weighted by Gasteiger charge is -2.15. The molecule has 0 aliphatic heterocycles. The molecule has 0 spiro atoms. The van der Waals surface area contributed by atoms with E-state index in [2.05, 4.69) is 40.3 Å². The Labute approximate surface area is 157 Å². The van der Waals surface area contributed by atoms with Gasteiger partial charge >= 0.3 is 0 Å². The van der Waals surface area contributed by atoms with Crippen molar-refractivity contribution in [2.75, 3.05) is 11.1 Å². The second kappa shape index (κ2) is 7.86. The summed E-state index contributed by atoms with van der Waals surface area (Å²) in [6.07, 6.45) is 1.03. The van der Waals surface area contributed by atoms with Crippen molar-refractivity contribution in [3.05, 3.63) is 47.3 Å². The lowest BCUT2D eigenvalue weighted by Crippen LogP contribution is -2.16. The van der Waals surface area contributed by atoms with E-state index in [-0.39, 0.29) is 11.7 Å². The van der Waals surface area contributed by atoms with Gasteiger partial charge in [0.05, 0.1) is 5.75 Å². The van der Waals surface area contributed by atoms with Crippen molar-refractivity contribution in [2.24, 2.45) is 0 Å². The van der Waals surface area contributed by atoms with Crippen LogP contribution in [0.1, 0.15) is 43.1 Å². The summed E-state index contributed by atoms with van der Waals surface area (Å²) in [5, 5.41) is 7.98. The van der Waals surface area contributed by atoms with E-state index in [1.165, 1.54) is 11.8 Å². The Kier molecular flexibility index (Phi) is 5.56. The minimum atomic E-state index is -0.0644. The largest absolute Gasteiger partial charge is 0.325 e. The average molecular weight is 369 g/mol. The molecule has 0 bridgehead atoms. The Morgan fingerprint density at radius 3 is 2.81 bits per heavy atom. The molecule has 1 aromatic carbocycles. The summed E-state index contributed by atoms with van der Waals surface area (Å²) in [5.74, 6) is 1.15.